The van der Waals surface area contributed by atoms with E-state index in [1.54, 1.807) is 0 Å². The fourth-order valence-corrected chi connectivity index (χ4v) is 3.16. The minimum Gasteiger partial charge on any atom is -0.398 e. The largest absolute Gasteiger partial charge is 0.514 e. The molecule has 0 spiro atoms. The third-order valence-electron chi connectivity index (χ3n) is 5.14. The first kappa shape index (κ1) is 14.1. The highest BCUT2D eigenvalue weighted by Crippen LogP contribution is 2.38. The number of hydrogen-bond donors (Lipinski definition) is 0. The number of aromatic nitrogens is 1. The Morgan fingerprint density at radius 3 is 2.30 bits per heavy atom. The van der Waals surface area contributed by atoms with Gasteiger partial charge in [0.2, 0.25) is 0 Å². The van der Waals surface area contributed by atoms with Gasteiger partial charge in [-0.15, -0.1) is 0 Å². The second-order valence-corrected chi connectivity index (χ2v) is 7.05. The monoisotopic (exact) mass is 273 g/mol. The lowest BCUT2D eigenvalue weighted by atomic mass is 9.77. The molecule has 0 N–H and O–H groups in total. The lowest BCUT2D eigenvalue weighted by Crippen LogP contribution is -2.41. The highest BCUT2D eigenvalue weighted by Gasteiger charge is 2.53. The van der Waals surface area contributed by atoms with Crippen LogP contribution in [0.1, 0.15) is 64.9 Å². The van der Waals surface area contributed by atoms with Crippen molar-refractivity contribution in [2.24, 2.45) is 0 Å². The summed E-state index contributed by atoms with van der Waals surface area (Å²) in [4.78, 5) is 4.59. The van der Waals surface area contributed by atoms with Gasteiger partial charge in [0.1, 0.15) is 0 Å². The maximum atomic E-state index is 6.17. The molecule has 20 heavy (non-hydrogen) atoms. The summed E-state index contributed by atoms with van der Waals surface area (Å²) >= 11 is 0. The van der Waals surface area contributed by atoms with Crippen LogP contribution in [0.3, 0.4) is 0 Å². The summed E-state index contributed by atoms with van der Waals surface area (Å²) in [6.45, 7) is 8.35. The molecule has 4 heteroatoms. The van der Waals surface area contributed by atoms with Gasteiger partial charge < -0.3 is 9.31 Å². The van der Waals surface area contributed by atoms with Gasteiger partial charge in [-0.05, 0) is 58.1 Å². The molecule has 2 aliphatic rings. The van der Waals surface area contributed by atoms with E-state index in [1.165, 1.54) is 31.2 Å². The van der Waals surface area contributed by atoms with E-state index in [-0.39, 0.29) is 18.3 Å². The van der Waals surface area contributed by atoms with Gasteiger partial charge in [0.05, 0.1) is 16.8 Å². The normalized spacial score (nSPS) is 25.3. The Hall–Kier alpha value is -0.865. The van der Waals surface area contributed by atoms with Crippen LogP contribution in [0, 0.1) is 0 Å². The lowest BCUT2D eigenvalue weighted by molar-refractivity contribution is 0.00578. The molecule has 0 radical (unpaired) electrons. The molecule has 0 atom stereocenters. The fraction of sp³-hybridized carbons (Fsp3) is 0.688. The van der Waals surface area contributed by atoms with E-state index < -0.39 is 0 Å². The average Bonchev–Trinajstić information content (AvgIpc) is 2.97. The van der Waals surface area contributed by atoms with E-state index in [1.807, 2.05) is 12.3 Å². The summed E-state index contributed by atoms with van der Waals surface area (Å²) in [5.74, 6) is 0.623. The Kier molecular flexibility index (Phi) is 3.42. The van der Waals surface area contributed by atoms with Gasteiger partial charge in [-0.3, -0.25) is 4.98 Å². The summed E-state index contributed by atoms with van der Waals surface area (Å²) in [7, 11) is -0.336. The van der Waals surface area contributed by atoms with Crippen molar-refractivity contribution in [1.82, 2.24) is 4.98 Å². The predicted molar refractivity (Wildman–Crippen MR) is 81.2 cm³/mol. The van der Waals surface area contributed by atoms with Crippen LogP contribution in [-0.4, -0.2) is 23.3 Å². The van der Waals surface area contributed by atoms with Crippen LogP contribution in [0.5, 0.6) is 0 Å². The molecule has 1 aliphatic heterocycles. The molecule has 1 aromatic heterocycles. The van der Waals surface area contributed by atoms with E-state index in [2.05, 4.69) is 38.7 Å². The molecular formula is C16H24BNO2. The number of nitrogens with zero attached hydrogens (tertiary/aromatic N) is 1. The van der Waals surface area contributed by atoms with E-state index >= 15 is 0 Å². The molecule has 1 saturated heterocycles. The lowest BCUT2D eigenvalue weighted by Gasteiger charge is -2.32. The zero-order valence-electron chi connectivity index (χ0n) is 13.0. The zero-order chi connectivity index (χ0) is 14.4. The van der Waals surface area contributed by atoms with Gasteiger partial charge in [-0.1, -0.05) is 18.9 Å². The molecule has 2 heterocycles. The second-order valence-electron chi connectivity index (χ2n) is 7.05. The number of rotatable bonds is 2. The molecule has 0 bridgehead atoms. The molecule has 3 nitrogen and oxygen atoms in total. The molecule has 1 aliphatic carbocycles. The van der Waals surface area contributed by atoms with Crippen molar-refractivity contribution < 1.29 is 9.31 Å². The smallest absolute Gasteiger partial charge is 0.398 e. The van der Waals surface area contributed by atoms with Crippen molar-refractivity contribution in [3.63, 3.8) is 0 Å². The van der Waals surface area contributed by atoms with Crippen LogP contribution in [0.25, 0.3) is 0 Å². The van der Waals surface area contributed by atoms with Crippen LogP contribution >= 0.6 is 0 Å². The second kappa shape index (κ2) is 4.85. The molecular weight excluding hydrogens is 249 g/mol. The van der Waals surface area contributed by atoms with Crippen LogP contribution in [0.2, 0.25) is 0 Å². The van der Waals surface area contributed by atoms with Crippen molar-refractivity contribution in [2.75, 3.05) is 0 Å². The Balaban J connectivity index is 1.92. The Labute approximate surface area is 122 Å². The van der Waals surface area contributed by atoms with Gasteiger partial charge in [-0.2, -0.15) is 0 Å². The summed E-state index contributed by atoms with van der Waals surface area (Å²) in [5, 5.41) is 0. The average molecular weight is 273 g/mol. The SMILES string of the molecule is CC1(C)OB(c2ncccc2C2CCCC2)OC1(C)C. The number of hydrogen-bond acceptors (Lipinski definition) is 3. The standard InChI is InChI=1S/C16H24BNO2/c1-15(2)16(3,4)20-17(19-15)14-13(10-7-11-18-14)12-8-5-6-9-12/h7,10-12H,5-6,8-9H2,1-4H3. The van der Waals surface area contributed by atoms with E-state index in [9.17, 15) is 0 Å². The summed E-state index contributed by atoms with van der Waals surface area (Å²) < 4.78 is 12.3. The third-order valence-corrected chi connectivity index (χ3v) is 5.14. The summed E-state index contributed by atoms with van der Waals surface area (Å²) in [5.41, 5.74) is 1.70. The first-order chi connectivity index (χ1) is 9.41. The maximum Gasteiger partial charge on any atom is 0.514 e. The van der Waals surface area contributed by atoms with Gasteiger partial charge in [0, 0.05) is 6.20 Å². The van der Waals surface area contributed by atoms with Gasteiger partial charge in [0.25, 0.3) is 0 Å². The number of pyridine rings is 1. The van der Waals surface area contributed by atoms with Crippen LogP contribution < -0.4 is 5.59 Å². The van der Waals surface area contributed by atoms with Crippen molar-refractivity contribution in [3.8, 4) is 0 Å². The summed E-state index contributed by atoms with van der Waals surface area (Å²) in [6, 6.07) is 4.23. The maximum absolute atomic E-state index is 6.17. The van der Waals surface area contributed by atoms with Crippen LogP contribution in [0.4, 0.5) is 0 Å². The van der Waals surface area contributed by atoms with Crippen LogP contribution in [0.15, 0.2) is 18.3 Å². The third kappa shape index (κ3) is 2.29. The molecule has 1 saturated carbocycles. The van der Waals surface area contributed by atoms with Crippen molar-refractivity contribution in [3.05, 3.63) is 23.9 Å². The Morgan fingerprint density at radius 2 is 1.70 bits per heavy atom. The molecule has 3 rings (SSSR count). The first-order valence-corrected chi connectivity index (χ1v) is 7.71. The Morgan fingerprint density at radius 1 is 1.10 bits per heavy atom. The topological polar surface area (TPSA) is 31.4 Å². The first-order valence-electron chi connectivity index (χ1n) is 7.71. The predicted octanol–water partition coefficient (Wildman–Crippen LogP) is 3.04. The summed E-state index contributed by atoms with van der Waals surface area (Å²) in [6.07, 6.45) is 7.01. The van der Waals surface area contributed by atoms with E-state index in [0.717, 1.165) is 5.59 Å². The fourth-order valence-electron chi connectivity index (χ4n) is 3.16. The molecule has 108 valence electrons. The minimum atomic E-state index is -0.336. The van der Waals surface area contributed by atoms with Crippen LogP contribution in [-0.2, 0) is 9.31 Å². The van der Waals surface area contributed by atoms with Gasteiger partial charge in [0.15, 0.2) is 0 Å². The van der Waals surface area contributed by atoms with Crippen molar-refractivity contribution >= 4 is 12.7 Å². The van der Waals surface area contributed by atoms with Gasteiger partial charge in [-0.25, -0.2) is 0 Å². The highest BCUT2D eigenvalue weighted by atomic mass is 16.7. The van der Waals surface area contributed by atoms with Gasteiger partial charge >= 0.3 is 7.12 Å². The molecule has 2 fully saturated rings. The quantitative estimate of drug-likeness (QED) is 0.776. The zero-order valence-corrected chi connectivity index (χ0v) is 13.0. The van der Waals surface area contributed by atoms with E-state index in [4.69, 9.17) is 9.31 Å². The van der Waals surface area contributed by atoms with E-state index in [0.29, 0.717) is 5.92 Å². The molecule has 0 aromatic carbocycles. The highest BCUT2D eigenvalue weighted by molar-refractivity contribution is 6.61. The van der Waals surface area contributed by atoms with Crippen molar-refractivity contribution in [2.45, 2.75) is 70.5 Å². The molecule has 0 amide bonds. The van der Waals surface area contributed by atoms with Crippen molar-refractivity contribution in [1.29, 1.82) is 0 Å². The minimum absolute atomic E-state index is 0.303. The molecule has 1 aromatic rings. The Bertz CT molecular complexity index is 479. The molecule has 0 unspecified atom stereocenters.